The highest BCUT2D eigenvalue weighted by Gasteiger charge is 2.20. The first-order valence-electron chi connectivity index (χ1n) is 6.03. The average Bonchev–Trinajstić information content (AvgIpc) is 2.97. The molecule has 5 heteroatoms. The predicted octanol–water partition coefficient (Wildman–Crippen LogP) is 3.57. The van der Waals surface area contributed by atoms with Crippen LogP contribution >= 0.6 is 27.3 Å². The summed E-state index contributed by atoms with van der Waals surface area (Å²) in [7, 11) is 0. The van der Waals surface area contributed by atoms with E-state index >= 15 is 0 Å². The van der Waals surface area contributed by atoms with Crippen LogP contribution in [-0.2, 0) is 12.8 Å². The third-order valence-electron chi connectivity index (χ3n) is 3.08. The molecule has 19 heavy (non-hydrogen) atoms. The van der Waals surface area contributed by atoms with Crippen LogP contribution in [0.5, 0.6) is 5.75 Å². The number of fused-ring (bicyclic) bond motifs is 1. The van der Waals surface area contributed by atoms with Crippen molar-refractivity contribution in [2.45, 2.75) is 19.8 Å². The number of rotatable bonds is 3. The van der Waals surface area contributed by atoms with Crippen LogP contribution in [0.1, 0.15) is 26.6 Å². The molecule has 0 saturated heterocycles. The molecule has 98 valence electrons. The Balaban J connectivity index is 1.90. The van der Waals surface area contributed by atoms with Gasteiger partial charge < -0.3 is 4.74 Å². The summed E-state index contributed by atoms with van der Waals surface area (Å²) in [5.74, 6) is 0.920. The molecule has 1 aliphatic rings. The minimum absolute atomic E-state index is 0.0418. The lowest BCUT2D eigenvalue weighted by Crippen LogP contribution is -2.05. The molecule has 0 radical (unpaired) electrons. The van der Waals surface area contributed by atoms with Crippen LogP contribution < -0.4 is 4.74 Å². The average molecular weight is 338 g/mol. The zero-order valence-electron chi connectivity index (χ0n) is 10.4. The number of ketones is 1. The monoisotopic (exact) mass is 337 g/mol. The van der Waals surface area contributed by atoms with Crippen molar-refractivity contribution >= 4 is 33.0 Å². The van der Waals surface area contributed by atoms with Crippen LogP contribution in [0.2, 0.25) is 0 Å². The standard InChI is InChI=1S/C14H12BrNO2S/c1-8-16-12(7-19-8)13(17)6-10-5-11(15)4-9-2-3-18-14(9)10/h4-5,7H,2-3,6H2,1H3. The molecule has 3 nitrogen and oxygen atoms in total. The zero-order chi connectivity index (χ0) is 13.4. The van der Waals surface area contributed by atoms with Gasteiger partial charge in [-0.3, -0.25) is 4.79 Å². The first-order valence-corrected chi connectivity index (χ1v) is 7.70. The quantitative estimate of drug-likeness (QED) is 0.803. The molecule has 3 rings (SSSR count). The highest BCUT2D eigenvalue weighted by molar-refractivity contribution is 9.10. The molecule has 0 saturated carbocycles. The molecule has 0 bridgehead atoms. The molecule has 0 spiro atoms. The summed E-state index contributed by atoms with van der Waals surface area (Å²) >= 11 is 4.99. The number of hydrogen-bond acceptors (Lipinski definition) is 4. The second-order valence-corrected chi connectivity index (χ2v) is 6.48. The van der Waals surface area contributed by atoms with Gasteiger partial charge in [0.15, 0.2) is 5.78 Å². The minimum atomic E-state index is 0.0418. The molecule has 1 aromatic heterocycles. The van der Waals surface area contributed by atoms with Crippen molar-refractivity contribution in [3.63, 3.8) is 0 Å². The summed E-state index contributed by atoms with van der Waals surface area (Å²) < 4.78 is 6.63. The summed E-state index contributed by atoms with van der Waals surface area (Å²) in [5, 5.41) is 2.73. The van der Waals surface area contributed by atoms with E-state index in [1.54, 1.807) is 0 Å². The highest BCUT2D eigenvalue weighted by Crippen LogP contribution is 2.33. The fourth-order valence-electron chi connectivity index (χ4n) is 2.23. The zero-order valence-corrected chi connectivity index (χ0v) is 12.8. The predicted molar refractivity (Wildman–Crippen MR) is 78.2 cm³/mol. The third kappa shape index (κ3) is 2.58. The Bertz CT molecular complexity index is 651. The van der Waals surface area contributed by atoms with Gasteiger partial charge in [-0.25, -0.2) is 4.98 Å². The van der Waals surface area contributed by atoms with Gasteiger partial charge in [0.1, 0.15) is 11.4 Å². The lowest BCUT2D eigenvalue weighted by Gasteiger charge is -2.07. The number of halogens is 1. The smallest absolute Gasteiger partial charge is 0.186 e. The van der Waals surface area contributed by atoms with Gasteiger partial charge in [0.2, 0.25) is 0 Å². The van der Waals surface area contributed by atoms with Crippen LogP contribution in [0.15, 0.2) is 22.0 Å². The summed E-state index contributed by atoms with van der Waals surface area (Å²) in [6.45, 7) is 2.60. The van der Waals surface area contributed by atoms with Gasteiger partial charge in [-0.1, -0.05) is 15.9 Å². The van der Waals surface area contributed by atoms with E-state index in [1.165, 1.54) is 16.9 Å². The van der Waals surface area contributed by atoms with E-state index in [0.29, 0.717) is 18.7 Å². The first kappa shape index (κ1) is 12.8. The van der Waals surface area contributed by atoms with Crippen LogP contribution in [0, 0.1) is 6.92 Å². The lowest BCUT2D eigenvalue weighted by molar-refractivity contribution is 0.0988. The van der Waals surface area contributed by atoms with E-state index in [-0.39, 0.29) is 5.78 Å². The lowest BCUT2D eigenvalue weighted by atomic mass is 10.0. The molecule has 0 atom stereocenters. The fraction of sp³-hybridized carbons (Fsp3) is 0.286. The number of carbonyl (C=O) groups excluding carboxylic acids is 1. The normalized spacial score (nSPS) is 13.2. The third-order valence-corrected chi connectivity index (χ3v) is 4.31. The highest BCUT2D eigenvalue weighted by atomic mass is 79.9. The van der Waals surface area contributed by atoms with Crippen molar-refractivity contribution < 1.29 is 9.53 Å². The number of Topliss-reactive ketones (excluding diaryl/α,β-unsaturated/α-hetero) is 1. The summed E-state index contributed by atoms with van der Waals surface area (Å²) in [6.07, 6.45) is 1.25. The molecule has 0 unspecified atom stereocenters. The largest absolute Gasteiger partial charge is 0.493 e. The van der Waals surface area contributed by atoms with E-state index in [1.807, 2.05) is 18.4 Å². The van der Waals surface area contributed by atoms with Crippen LogP contribution in [0.3, 0.4) is 0 Å². The Kier molecular flexibility index (Phi) is 3.41. The number of benzene rings is 1. The van der Waals surface area contributed by atoms with Crippen LogP contribution in [0.25, 0.3) is 0 Å². The number of carbonyl (C=O) groups is 1. The van der Waals surface area contributed by atoms with E-state index in [0.717, 1.165) is 27.2 Å². The maximum Gasteiger partial charge on any atom is 0.186 e. The van der Waals surface area contributed by atoms with Gasteiger partial charge in [-0.05, 0) is 24.6 Å². The molecule has 1 aliphatic heterocycles. The maximum atomic E-state index is 12.2. The number of hydrogen-bond donors (Lipinski definition) is 0. The minimum Gasteiger partial charge on any atom is -0.493 e. The molecular weight excluding hydrogens is 326 g/mol. The molecule has 1 aromatic carbocycles. The molecule has 0 fully saturated rings. The van der Waals surface area contributed by atoms with Crippen molar-refractivity contribution in [2.24, 2.45) is 0 Å². The van der Waals surface area contributed by atoms with Crippen molar-refractivity contribution in [1.29, 1.82) is 0 Å². The molecule has 0 amide bonds. The van der Waals surface area contributed by atoms with E-state index in [4.69, 9.17) is 4.74 Å². The van der Waals surface area contributed by atoms with Crippen LogP contribution in [-0.4, -0.2) is 17.4 Å². The molecule has 2 heterocycles. The second-order valence-electron chi connectivity index (χ2n) is 4.50. The Morgan fingerprint density at radius 2 is 2.37 bits per heavy atom. The molecular formula is C14H12BrNO2S. The van der Waals surface area contributed by atoms with E-state index < -0.39 is 0 Å². The van der Waals surface area contributed by atoms with E-state index in [2.05, 4.69) is 27.0 Å². The number of ether oxygens (including phenoxy) is 1. The number of nitrogens with zero attached hydrogens (tertiary/aromatic N) is 1. The van der Waals surface area contributed by atoms with Crippen molar-refractivity contribution in [2.75, 3.05) is 6.61 Å². The molecule has 2 aromatic rings. The van der Waals surface area contributed by atoms with Crippen LogP contribution in [0.4, 0.5) is 0 Å². The first-order chi connectivity index (χ1) is 9.13. The Hall–Kier alpha value is -1.20. The second kappa shape index (κ2) is 5.06. The Morgan fingerprint density at radius 3 is 3.11 bits per heavy atom. The summed E-state index contributed by atoms with van der Waals surface area (Å²) in [5.41, 5.74) is 2.67. The molecule has 0 aliphatic carbocycles. The Morgan fingerprint density at radius 1 is 1.53 bits per heavy atom. The van der Waals surface area contributed by atoms with Gasteiger partial charge in [0.25, 0.3) is 0 Å². The number of aromatic nitrogens is 1. The van der Waals surface area contributed by atoms with Gasteiger partial charge in [-0.2, -0.15) is 0 Å². The number of aryl methyl sites for hydroxylation is 1. The number of thiazole rings is 1. The SMILES string of the molecule is Cc1nc(C(=O)Cc2cc(Br)cc3c2OCC3)cs1. The fourth-order valence-corrected chi connectivity index (χ4v) is 3.40. The van der Waals surface area contributed by atoms with Gasteiger partial charge in [0.05, 0.1) is 11.6 Å². The van der Waals surface area contributed by atoms with Gasteiger partial charge in [0, 0.05) is 28.3 Å². The molecule has 0 N–H and O–H groups in total. The maximum absolute atomic E-state index is 12.2. The topological polar surface area (TPSA) is 39.2 Å². The van der Waals surface area contributed by atoms with E-state index in [9.17, 15) is 4.79 Å². The van der Waals surface area contributed by atoms with Crippen molar-refractivity contribution in [1.82, 2.24) is 4.98 Å². The Labute approximate surface area is 123 Å². The van der Waals surface area contributed by atoms with Gasteiger partial charge in [-0.15, -0.1) is 11.3 Å². The van der Waals surface area contributed by atoms with Crippen molar-refractivity contribution in [3.05, 3.63) is 43.8 Å². The van der Waals surface area contributed by atoms with Crippen molar-refractivity contribution in [3.8, 4) is 5.75 Å². The van der Waals surface area contributed by atoms with Gasteiger partial charge >= 0.3 is 0 Å². The summed E-state index contributed by atoms with van der Waals surface area (Å²) in [4.78, 5) is 16.5. The summed E-state index contributed by atoms with van der Waals surface area (Å²) in [6, 6.07) is 4.02.